The molecule has 0 radical (unpaired) electrons. The second-order valence-electron chi connectivity index (χ2n) is 4.57. The van der Waals surface area contributed by atoms with Gasteiger partial charge < -0.3 is 11.1 Å². The van der Waals surface area contributed by atoms with E-state index in [0.717, 1.165) is 12.0 Å². The van der Waals surface area contributed by atoms with Crippen LogP contribution in [-0.2, 0) is 18.4 Å². The number of carbonyl (C=O) groups is 1. The Kier molecular flexibility index (Phi) is 3.70. The van der Waals surface area contributed by atoms with Crippen LogP contribution in [-0.4, -0.2) is 15.7 Å². The predicted octanol–water partition coefficient (Wildman–Crippen LogP) is 1.25. The second kappa shape index (κ2) is 4.65. The third-order valence-corrected chi connectivity index (χ3v) is 2.85. The van der Waals surface area contributed by atoms with E-state index in [1.807, 2.05) is 27.0 Å². The summed E-state index contributed by atoms with van der Waals surface area (Å²) in [6.45, 7) is 6.18. The normalized spacial score (nSPS) is 11.6. The molecule has 1 aromatic heterocycles. The Labute approximate surface area is 96.0 Å². The number of hydrogen-bond acceptors (Lipinski definition) is 3. The largest absolute Gasteiger partial charge is 0.326 e. The van der Waals surface area contributed by atoms with Gasteiger partial charge in [-0.25, -0.2) is 0 Å². The average Bonchev–Trinajstić information content (AvgIpc) is 2.58. The molecule has 1 rings (SSSR count). The van der Waals surface area contributed by atoms with Gasteiger partial charge in [-0.3, -0.25) is 9.48 Å². The van der Waals surface area contributed by atoms with E-state index in [1.54, 1.807) is 11.7 Å². The maximum absolute atomic E-state index is 11.9. The van der Waals surface area contributed by atoms with Gasteiger partial charge >= 0.3 is 0 Å². The molecule has 0 bridgehead atoms. The summed E-state index contributed by atoms with van der Waals surface area (Å²) in [6, 6.07) is 0. The van der Waals surface area contributed by atoms with Crippen LogP contribution < -0.4 is 11.1 Å². The van der Waals surface area contributed by atoms with Gasteiger partial charge in [0.1, 0.15) is 0 Å². The van der Waals surface area contributed by atoms with Crippen molar-refractivity contribution in [3.63, 3.8) is 0 Å². The van der Waals surface area contributed by atoms with Gasteiger partial charge in [-0.1, -0.05) is 20.8 Å². The molecule has 16 heavy (non-hydrogen) atoms. The van der Waals surface area contributed by atoms with Gasteiger partial charge in [0.05, 0.1) is 0 Å². The molecular formula is C11H20N4O. The van der Waals surface area contributed by atoms with Gasteiger partial charge in [0.2, 0.25) is 5.91 Å². The maximum Gasteiger partial charge on any atom is 0.231 e. The van der Waals surface area contributed by atoms with E-state index in [1.165, 1.54) is 0 Å². The SMILES string of the molecule is CCC(C)(C)C(=O)Nc1nn(C)cc1CN. The fourth-order valence-electron chi connectivity index (χ4n) is 1.23. The lowest BCUT2D eigenvalue weighted by atomic mass is 9.89. The van der Waals surface area contributed by atoms with Gasteiger partial charge in [-0.15, -0.1) is 0 Å². The van der Waals surface area contributed by atoms with Gasteiger partial charge in [0.15, 0.2) is 5.82 Å². The van der Waals surface area contributed by atoms with Crippen molar-refractivity contribution in [2.75, 3.05) is 5.32 Å². The van der Waals surface area contributed by atoms with E-state index in [0.29, 0.717) is 12.4 Å². The third kappa shape index (κ3) is 2.61. The molecule has 0 fully saturated rings. The number of aryl methyl sites for hydroxylation is 1. The number of carbonyl (C=O) groups excluding carboxylic acids is 1. The van der Waals surface area contributed by atoms with E-state index in [4.69, 9.17) is 5.73 Å². The molecule has 0 saturated heterocycles. The van der Waals surface area contributed by atoms with Crippen molar-refractivity contribution in [2.24, 2.45) is 18.2 Å². The molecule has 1 heterocycles. The van der Waals surface area contributed by atoms with Crippen molar-refractivity contribution >= 4 is 11.7 Å². The van der Waals surface area contributed by atoms with Crippen molar-refractivity contribution < 1.29 is 4.79 Å². The van der Waals surface area contributed by atoms with Crippen molar-refractivity contribution in [3.05, 3.63) is 11.8 Å². The summed E-state index contributed by atoms with van der Waals surface area (Å²) in [6.07, 6.45) is 2.60. The minimum absolute atomic E-state index is 0.0246. The van der Waals surface area contributed by atoms with E-state index in [-0.39, 0.29) is 11.3 Å². The number of nitrogens with two attached hydrogens (primary N) is 1. The standard InChI is InChI=1S/C11H20N4O/c1-5-11(2,3)10(16)13-9-8(6-12)7-15(4)14-9/h7H,5-6,12H2,1-4H3,(H,13,14,16). The highest BCUT2D eigenvalue weighted by atomic mass is 16.2. The highest BCUT2D eigenvalue weighted by Crippen LogP contribution is 2.22. The summed E-state index contributed by atoms with van der Waals surface area (Å²) in [5, 5.41) is 7.00. The first-order valence-corrected chi connectivity index (χ1v) is 5.44. The molecule has 0 saturated carbocycles. The summed E-state index contributed by atoms with van der Waals surface area (Å²) in [4.78, 5) is 11.9. The smallest absolute Gasteiger partial charge is 0.231 e. The van der Waals surface area contributed by atoms with Gasteiger partial charge in [-0.05, 0) is 6.42 Å². The van der Waals surface area contributed by atoms with Gasteiger partial charge in [0.25, 0.3) is 0 Å². The third-order valence-electron chi connectivity index (χ3n) is 2.85. The molecule has 5 nitrogen and oxygen atoms in total. The molecule has 0 aliphatic rings. The first-order valence-electron chi connectivity index (χ1n) is 5.44. The molecule has 1 amide bonds. The molecule has 0 aromatic carbocycles. The number of hydrogen-bond donors (Lipinski definition) is 2. The molecule has 0 atom stereocenters. The van der Waals surface area contributed by atoms with E-state index in [9.17, 15) is 4.79 Å². The van der Waals surface area contributed by atoms with Crippen molar-refractivity contribution in [1.29, 1.82) is 0 Å². The van der Waals surface area contributed by atoms with Crippen LogP contribution in [0.3, 0.4) is 0 Å². The quantitative estimate of drug-likeness (QED) is 0.808. The number of nitrogens with zero attached hydrogens (tertiary/aromatic N) is 2. The number of nitrogens with one attached hydrogen (secondary N) is 1. The van der Waals surface area contributed by atoms with Crippen LogP contribution in [0.2, 0.25) is 0 Å². The topological polar surface area (TPSA) is 72.9 Å². The highest BCUT2D eigenvalue weighted by Gasteiger charge is 2.26. The molecule has 1 aromatic rings. The van der Waals surface area contributed by atoms with Gasteiger partial charge in [-0.2, -0.15) is 5.10 Å². The Bertz CT molecular complexity index is 381. The monoisotopic (exact) mass is 224 g/mol. The van der Waals surface area contributed by atoms with Crippen molar-refractivity contribution in [1.82, 2.24) is 9.78 Å². The first-order chi connectivity index (χ1) is 7.40. The minimum Gasteiger partial charge on any atom is -0.326 e. The fourth-order valence-corrected chi connectivity index (χ4v) is 1.23. The molecular weight excluding hydrogens is 204 g/mol. The first kappa shape index (κ1) is 12.7. The van der Waals surface area contributed by atoms with Crippen molar-refractivity contribution in [2.45, 2.75) is 33.7 Å². The molecule has 0 aliphatic carbocycles. The van der Waals surface area contributed by atoms with E-state index in [2.05, 4.69) is 10.4 Å². The van der Waals surface area contributed by atoms with Crippen LogP contribution in [0.5, 0.6) is 0 Å². The van der Waals surface area contributed by atoms with E-state index < -0.39 is 0 Å². The summed E-state index contributed by atoms with van der Waals surface area (Å²) >= 11 is 0. The van der Waals surface area contributed by atoms with Crippen LogP contribution in [0.4, 0.5) is 5.82 Å². The zero-order chi connectivity index (χ0) is 12.3. The van der Waals surface area contributed by atoms with Crippen LogP contribution in [0, 0.1) is 5.41 Å². The van der Waals surface area contributed by atoms with Gasteiger partial charge in [0, 0.05) is 30.8 Å². The Morgan fingerprint density at radius 3 is 2.75 bits per heavy atom. The molecule has 3 N–H and O–H groups in total. The number of anilines is 1. The summed E-state index contributed by atoms with van der Waals surface area (Å²) in [7, 11) is 1.81. The zero-order valence-corrected chi connectivity index (χ0v) is 10.4. The molecule has 0 unspecified atom stereocenters. The number of aromatic nitrogens is 2. The average molecular weight is 224 g/mol. The lowest BCUT2D eigenvalue weighted by Gasteiger charge is -2.20. The molecule has 5 heteroatoms. The number of rotatable bonds is 4. The fraction of sp³-hybridized carbons (Fsp3) is 0.636. The Morgan fingerprint density at radius 2 is 2.25 bits per heavy atom. The van der Waals surface area contributed by atoms with Crippen LogP contribution in [0.25, 0.3) is 0 Å². The number of amides is 1. The van der Waals surface area contributed by atoms with Crippen molar-refractivity contribution in [3.8, 4) is 0 Å². The maximum atomic E-state index is 11.9. The summed E-state index contributed by atoms with van der Waals surface area (Å²) in [5.74, 6) is 0.542. The Hall–Kier alpha value is -1.36. The van der Waals surface area contributed by atoms with E-state index >= 15 is 0 Å². The highest BCUT2D eigenvalue weighted by molar-refractivity contribution is 5.94. The van der Waals surface area contributed by atoms with Crippen LogP contribution in [0.15, 0.2) is 6.20 Å². The molecule has 90 valence electrons. The summed E-state index contributed by atoms with van der Waals surface area (Å²) in [5.41, 5.74) is 6.04. The predicted molar refractivity (Wildman–Crippen MR) is 63.8 cm³/mol. The second-order valence-corrected chi connectivity index (χ2v) is 4.57. The Morgan fingerprint density at radius 1 is 1.62 bits per heavy atom. The van der Waals surface area contributed by atoms with Crippen LogP contribution >= 0.6 is 0 Å². The summed E-state index contributed by atoms with van der Waals surface area (Å²) < 4.78 is 1.65. The lowest BCUT2D eigenvalue weighted by Crippen LogP contribution is -2.30. The zero-order valence-electron chi connectivity index (χ0n) is 10.4. The lowest BCUT2D eigenvalue weighted by molar-refractivity contribution is -0.124. The Balaban J connectivity index is 2.84. The minimum atomic E-state index is -0.386. The molecule has 0 spiro atoms. The molecule has 0 aliphatic heterocycles. The van der Waals surface area contributed by atoms with Crippen LogP contribution in [0.1, 0.15) is 32.8 Å².